The highest BCUT2D eigenvalue weighted by Gasteiger charge is 1.75. The van der Waals surface area contributed by atoms with E-state index in [0.717, 1.165) is 0 Å². The molecule has 2 heteroatoms. The lowest BCUT2D eigenvalue weighted by Crippen LogP contribution is -1.64. The first-order chi connectivity index (χ1) is 1.73. The number of hydrogen-bond donors (Lipinski definition) is 0. The summed E-state index contributed by atoms with van der Waals surface area (Å²) in [7, 11) is 0. The van der Waals surface area contributed by atoms with Gasteiger partial charge >= 0.3 is 0 Å². The molecule has 0 heterocycles. The molecule has 0 amide bonds. The van der Waals surface area contributed by atoms with E-state index < -0.39 is 4.84 Å². The summed E-state index contributed by atoms with van der Waals surface area (Å²) in [6.07, 6.45) is 0. The topological polar surface area (TPSA) is 0 Å². The Hall–Kier alpha value is 0.580. The van der Waals surface area contributed by atoms with Gasteiger partial charge in [0, 0.05) is 0 Å². The maximum Gasteiger partial charge on any atom is 0.107 e. The van der Waals surface area contributed by atoms with E-state index >= 15 is 0 Å². The molecule has 0 atom stereocenters. The van der Waals surface area contributed by atoms with Crippen LogP contribution in [0.4, 0.5) is 0 Å². The lowest BCUT2D eigenvalue weighted by atomic mass is 11.0. The molecule has 0 spiro atoms. The van der Waals surface area contributed by atoms with Crippen LogP contribution < -0.4 is 0 Å². The first-order valence-corrected chi connectivity index (χ1v) is 1.72. The minimum Gasteiger partial charge on any atom is -0.105 e. The van der Waals surface area contributed by atoms with Crippen LogP contribution in [0.2, 0.25) is 0 Å². The highest BCUT2D eigenvalue weighted by atomic mass is 35.5. The average Bonchev–Trinajstić information content (AvgIpc) is 0.811. The molecule has 0 aliphatic rings. The lowest BCUT2D eigenvalue weighted by Gasteiger charge is -1.72. The lowest BCUT2D eigenvalue weighted by molar-refractivity contribution is 1.64. The Bertz CT molecular complexity index is 8.75. The van der Waals surface area contributed by atoms with E-state index in [-0.39, 0.29) is 0 Å². The first-order valence-electron chi connectivity index (χ1n) is 0.845. The van der Waals surface area contributed by atoms with Crippen molar-refractivity contribution in [2.24, 2.45) is 0 Å². The van der Waals surface area contributed by atoms with Gasteiger partial charge < -0.3 is 0 Å². The van der Waals surface area contributed by atoms with Gasteiger partial charge in [0.25, 0.3) is 0 Å². The van der Waals surface area contributed by atoms with Gasteiger partial charge in [0.1, 0.15) is 4.84 Å². The minimum absolute atomic E-state index is 0.472. The standard InChI is InChI=1S/C2H3Cl2/c1-2(3)4/h2H,1H2. The van der Waals surface area contributed by atoms with Crippen molar-refractivity contribution >= 4 is 23.2 Å². The molecule has 0 rings (SSSR count). The minimum atomic E-state index is -0.472. The molecule has 0 unspecified atom stereocenters. The molecule has 0 aliphatic carbocycles. The fraction of sp³-hybridized carbons (Fsp3) is 0.500. The molecular formula is C2H3Cl2. The number of hydrogen-bond acceptors (Lipinski definition) is 0. The van der Waals surface area contributed by atoms with Gasteiger partial charge in [-0.05, 0) is 6.92 Å². The summed E-state index contributed by atoms with van der Waals surface area (Å²) in [6, 6.07) is 0. The molecule has 0 aromatic heterocycles. The van der Waals surface area contributed by atoms with Crippen LogP contribution in [0.25, 0.3) is 0 Å². The molecule has 1 radical (unpaired) electrons. The van der Waals surface area contributed by atoms with Crippen molar-refractivity contribution < 1.29 is 0 Å². The smallest absolute Gasteiger partial charge is 0.105 e. The van der Waals surface area contributed by atoms with Crippen LogP contribution in [0.15, 0.2) is 0 Å². The van der Waals surface area contributed by atoms with Crippen molar-refractivity contribution in [1.29, 1.82) is 0 Å². The Morgan fingerprint density at radius 1 is 1.50 bits per heavy atom. The Kier molecular flexibility index (Phi) is 2.13. The molecule has 0 aliphatic heterocycles. The second-order valence-corrected chi connectivity index (χ2v) is 1.67. The van der Waals surface area contributed by atoms with Crippen LogP contribution in [0.5, 0.6) is 0 Å². The van der Waals surface area contributed by atoms with Gasteiger partial charge in [-0.15, -0.1) is 23.2 Å². The van der Waals surface area contributed by atoms with Crippen LogP contribution in [-0.2, 0) is 0 Å². The summed E-state index contributed by atoms with van der Waals surface area (Å²) in [5.74, 6) is 0. The molecule has 0 saturated carbocycles. The zero-order chi connectivity index (χ0) is 3.58. The Morgan fingerprint density at radius 2 is 1.50 bits per heavy atom. The van der Waals surface area contributed by atoms with Crippen LogP contribution in [-0.4, -0.2) is 4.84 Å². The van der Waals surface area contributed by atoms with E-state index in [1.54, 1.807) is 0 Å². The van der Waals surface area contributed by atoms with Crippen molar-refractivity contribution in [1.82, 2.24) is 0 Å². The fourth-order valence-corrected chi connectivity index (χ4v) is 0. The van der Waals surface area contributed by atoms with Gasteiger partial charge in [-0.3, -0.25) is 0 Å². The summed E-state index contributed by atoms with van der Waals surface area (Å²) >= 11 is 9.86. The van der Waals surface area contributed by atoms with Gasteiger partial charge in [-0.1, -0.05) is 0 Å². The fourth-order valence-electron chi connectivity index (χ4n) is 0. The SMILES string of the molecule is [CH2]C(Cl)Cl. The number of rotatable bonds is 0. The molecule has 0 N–H and O–H groups in total. The molecule has 0 fully saturated rings. The van der Waals surface area contributed by atoms with E-state index in [2.05, 4.69) is 6.92 Å². The summed E-state index contributed by atoms with van der Waals surface area (Å²) in [6.45, 7) is 3.17. The van der Waals surface area contributed by atoms with E-state index in [9.17, 15) is 0 Å². The molecule has 0 aromatic rings. The van der Waals surface area contributed by atoms with Gasteiger partial charge in [0.15, 0.2) is 0 Å². The third-order valence-corrected chi connectivity index (χ3v) is 0. The Labute approximate surface area is 35.7 Å². The van der Waals surface area contributed by atoms with Crippen LogP contribution in [0.3, 0.4) is 0 Å². The van der Waals surface area contributed by atoms with Crippen molar-refractivity contribution in [2.75, 3.05) is 0 Å². The van der Waals surface area contributed by atoms with Crippen molar-refractivity contribution in [3.05, 3.63) is 6.92 Å². The van der Waals surface area contributed by atoms with Gasteiger partial charge in [0.05, 0.1) is 0 Å². The van der Waals surface area contributed by atoms with E-state index in [1.807, 2.05) is 0 Å². The zero-order valence-corrected chi connectivity index (χ0v) is 3.55. The molecule has 0 aromatic carbocycles. The normalized spacial score (nSPS) is 9.00. The summed E-state index contributed by atoms with van der Waals surface area (Å²) in [4.78, 5) is -0.472. The van der Waals surface area contributed by atoms with Gasteiger partial charge in [-0.2, -0.15) is 0 Å². The van der Waals surface area contributed by atoms with E-state index in [1.165, 1.54) is 0 Å². The predicted molar refractivity (Wildman–Crippen MR) is 20.9 cm³/mol. The molecule has 0 nitrogen and oxygen atoms in total. The highest BCUT2D eigenvalue weighted by molar-refractivity contribution is 6.44. The first kappa shape index (κ1) is 4.58. The zero-order valence-electron chi connectivity index (χ0n) is 2.04. The second-order valence-electron chi connectivity index (χ2n) is 0.391. The molecule has 25 valence electrons. The van der Waals surface area contributed by atoms with Crippen molar-refractivity contribution in [2.45, 2.75) is 4.84 Å². The Balaban J connectivity index is 2.32. The monoisotopic (exact) mass is 97.0 g/mol. The maximum atomic E-state index is 4.93. The molecular weight excluding hydrogens is 94.9 g/mol. The molecule has 0 bridgehead atoms. The van der Waals surface area contributed by atoms with Crippen LogP contribution in [0, 0.1) is 6.92 Å². The van der Waals surface area contributed by atoms with Gasteiger partial charge in [0.2, 0.25) is 0 Å². The maximum absolute atomic E-state index is 4.93. The Morgan fingerprint density at radius 3 is 1.50 bits per heavy atom. The number of alkyl halides is 2. The summed E-state index contributed by atoms with van der Waals surface area (Å²) in [5, 5.41) is 0. The predicted octanol–water partition coefficient (Wildman–Crippen LogP) is 1.62. The van der Waals surface area contributed by atoms with Gasteiger partial charge in [-0.25, -0.2) is 0 Å². The highest BCUT2D eigenvalue weighted by Crippen LogP contribution is 1.94. The van der Waals surface area contributed by atoms with Crippen molar-refractivity contribution in [3.63, 3.8) is 0 Å². The van der Waals surface area contributed by atoms with E-state index in [4.69, 9.17) is 23.2 Å². The van der Waals surface area contributed by atoms with Crippen molar-refractivity contribution in [3.8, 4) is 0 Å². The summed E-state index contributed by atoms with van der Waals surface area (Å²) < 4.78 is 0. The van der Waals surface area contributed by atoms with Crippen LogP contribution in [0.1, 0.15) is 0 Å². The third kappa shape index (κ3) is 19.1. The third-order valence-electron chi connectivity index (χ3n) is 0. The van der Waals surface area contributed by atoms with Crippen LogP contribution >= 0.6 is 23.2 Å². The molecule has 4 heavy (non-hydrogen) atoms. The number of halogens is 2. The second kappa shape index (κ2) is 1.86. The summed E-state index contributed by atoms with van der Waals surface area (Å²) in [5.41, 5.74) is 0. The largest absolute Gasteiger partial charge is 0.107 e. The quantitative estimate of drug-likeness (QED) is 0.404. The average molecular weight is 98.0 g/mol. The van der Waals surface area contributed by atoms with E-state index in [0.29, 0.717) is 0 Å². The molecule has 0 saturated heterocycles.